The van der Waals surface area contributed by atoms with Crippen LogP contribution in [0.1, 0.15) is 46.4 Å². The SMILES string of the molecule is CC(CNCCCn1nc2c(c1C(=O)O)CCc1cnccc1-2)c1ccc(Cl)cc1.O=C(O)C(F)(F)F. The van der Waals surface area contributed by atoms with Gasteiger partial charge >= 0.3 is 18.1 Å². The molecule has 2 aromatic heterocycles. The van der Waals surface area contributed by atoms with Gasteiger partial charge in [-0.05, 0) is 61.1 Å². The van der Waals surface area contributed by atoms with Crippen molar-refractivity contribution >= 4 is 23.5 Å². The van der Waals surface area contributed by atoms with Gasteiger partial charge in [-0.25, -0.2) is 9.59 Å². The van der Waals surface area contributed by atoms with Gasteiger partial charge in [-0.15, -0.1) is 0 Å². The lowest BCUT2D eigenvalue weighted by Gasteiger charge is -2.14. The van der Waals surface area contributed by atoms with Crippen LogP contribution in [0.15, 0.2) is 42.7 Å². The van der Waals surface area contributed by atoms with E-state index in [9.17, 15) is 23.1 Å². The van der Waals surface area contributed by atoms with Crippen LogP contribution < -0.4 is 5.32 Å². The molecule has 1 unspecified atom stereocenters. The summed E-state index contributed by atoms with van der Waals surface area (Å²) in [5.74, 6) is -3.29. The number of aryl methyl sites for hydroxylation is 2. The van der Waals surface area contributed by atoms with E-state index in [0.29, 0.717) is 24.6 Å². The molecule has 0 spiro atoms. The number of nitrogens with zero attached hydrogens (tertiary/aromatic N) is 3. The van der Waals surface area contributed by atoms with Crippen molar-refractivity contribution in [2.45, 2.75) is 44.8 Å². The number of aliphatic carboxylic acids is 1. The minimum atomic E-state index is -5.08. The van der Waals surface area contributed by atoms with E-state index in [-0.39, 0.29) is 0 Å². The Morgan fingerprint density at radius 3 is 2.46 bits per heavy atom. The zero-order chi connectivity index (χ0) is 27.2. The highest BCUT2D eigenvalue weighted by Gasteiger charge is 2.38. The summed E-state index contributed by atoms with van der Waals surface area (Å²) < 4.78 is 33.4. The van der Waals surface area contributed by atoms with Gasteiger partial charge in [0.05, 0.1) is 5.69 Å². The molecule has 1 aliphatic rings. The van der Waals surface area contributed by atoms with Crippen LogP contribution in [0.3, 0.4) is 0 Å². The topological polar surface area (TPSA) is 117 Å². The number of hydrogen-bond acceptors (Lipinski definition) is 5. The van der Waals surface area contributed by atoms with E-state index in [4.69, 9.17) is 21.5 Å². The fraction of sp³-hybridized carbons (Fsp3) is 0.360. The van der Waals surface area contributed by atoms with Crippen molar-refractivity contribution in [1.82, 2.24) is 20.1 Å². The van der Waals surface area contributed by atoms with E-state index in [1.165, 1.54) is 5.56 Å². The Kier molecular flexibility index (Phi) is 9.28. The molecule has 1 aromatic carbocycles. The molecule has 0 saturated heterocycles. The number of benzene rings is 1. The Morgan fingerprint density at radius 1 is 1.16 bits per heavy atom. The molecule has 198 valence electrons. The largest absolute Gasteiger partial charge is 0.490 e. The predicted molar refractivity (Wildman–Crippen MR) is 131 cm³/mol. The van der Waals surface area contributed by atoms with Crippen LogP contribution in [0.2, 0.25) is 5.02 Å². The Labute approximate surface area is 216 Å². The second kappa shape index (κ2) is 12.2. The predicted octanol–water partition coefficient (Wildman–Crippen LogP) is 4.81. The number of hydrogen-bond donors (Lipinski definition) is 3. The lowest BCUT2D eigenvalue weighted by atomic mass is 9.90. The number of rotatable bonds is 8. The molecule has 1 atom stereocenters. The van der Waals surface area contributed by atoms with Gasteiger partial charge in [0.25, 0.3) is 0 Å². The lowest BCUT2D eigenvalue weighted by molar-refractivity contribution is -0.192. The van der Waals surface area contributed by atoms with E-state index >= 15 is 0 Å². The molecular weight excluding hydrogens is 513 g/mol. The minimum Gasteiger partial charge on any atom is -0.477 e. The van der Waals surface area contributed by atoms with Crippen molar-refractivity contribution < 1.29 is 33.0 Å². The number of carboxylic acids is 2. The molecule has 3 aromatic rings. The van der Waals surface area contributed by atoms with Crippen LogP contribution in [-0.2, 0) is 24.2 Å². The Bertz CT molecular complexity index is 1250. The number of pyridine rings is 1. The van der Waals surface area contributed by atoms with E-state index < -0.39 is 18.1 Å². The van der Waals surface area contributed by atoms with Crippen molar-refractivity contribution in [1.29, 1.82) is 0 Å². The number of nitrogens with one attached hydrogen (secondary N) is 1. The molecule has 8 nitrogen and oxygen atoms in total. The first-order valence-corrected chi connectivity index (χ1v) is 11.9. The summed E-state index contributed by atoms with van der Waals surface area (Å²) in [5, 5.41) is 25.8. The Balaban J connectivity index is 0.000000479. The number of aromatic carboxylic acids is 1. The lowest BCUT2D eigenvalue weighted by Crippen LogP contribution is -2.23. The number of carboxylic acid groups (broad SMARTS) is 2. The van der Waals surface area contributed by atoms with E-state index in [0.717, 1.165) is 53.3 Å². The maximum Gasteiger partial charge on any atom is 0.490 e. The average Bonchev–Trinajstić information content (AvgIpc) is 3.23. The van der Waals surface area contributed by atoms with Crippen LogP contribution in [0, 0.1) is 0 Å². The Morgan fingerprint density at radius 2 is 1.84 bits per heavy atom. The summed E-state index contributed by atoms with van der Waals surface area (Å²) in [6.07, 6.45) is 0.791. The van der Waals surface area contributed by atoms with Crippen LogP contribution in [0.5, 0.6) is 0 Å². The number of alkyl halides is 3. The van der Waals surface area contributed by atoms with Gasteiger partial charge in [-0.1, -0.05) is 30.7 Å². The van der Waals surface area contributed by atoms with E-state index in [1.54, 1.807) is 10.9 Å². The van der Waals surface area contributed by atoms with Crippen LogP contribution in [-0.4, -0.2) is 56.2 Å². The van der Waals surface area contributed by atoms with E-state index in [2.05, 4.69) is 34.5 Å². The number of fused-ring (bicyclic) bond motifs is 3. The average molecular weight is 539 g/mol. The van der Waals surface area contributed by atoms with Gasteiger partial charge in [-0.2, -0.15) is 18.3 Å². The fourth-order valence-electron chi connectivity index (χ4n) is 4.05. The summed E-state index contributed by atoms with van der Waals surface area (Å²) in [6.45, 7) is 4.38. The molecule has 0 saturated carbocycles. The third-order valence-electron chi connectivity index (χ3n) is 5.91. The molecule has 0 amide bonds. The molecule has 12 heteroatoms. The molecule has 4 rings (SSSR count). The van der Waals surface area contributed by atoms with Crippen LogP contribution in [0.25, 0.3) is 11.3 Å². The summed E-state index contributed by atoms with van der Waals surface area (Å²) in [6, 6.07) is 9.85. The quantitative estimate of drug-likeness (QED) is 0.352. The molecule has 0 bridgehead atoms. The molecular formula is C25H26ClF3N4O4. The highest BCUT2D eigenvalue weighted by atomic mass is 35.5. The van der Waals surface area contributed by atoms with Crippen LogP contribution >= 0.6 is 11.6 Å². The summed E-state index contributed by atoms with van der Waals surface area (Å²) in [5.41, 5.74) is 5.33. The first-order chi connectivity index (χ1) is 17.5. The molecule has 0 radical (unpaired) electrons. The zero-order valence-corrected chi connectivity index (χ0v) is 20.7. The first-order valence-electron chi connectivity index (χ1n) is 11.5. The van der Waals surface area contributed by atoms with Gasteiger partial charge in [0.15, 0.2) is 0 Å². The van der Waals surface area contributed by atoms with Crippen molar-refractivity contribution in [3.63, 3.8) is 0 Å². The van der Waals surface area contributed by atoms with Gasteiger partial charge in [-0.3, -0.25) is 9.67 Å². The van der Waals surface area contributed by atoms with Gasteiger partial charge in [0, 0.05) is 41.6 Å². The van der Waals surface area contributed by atoms with E-state index in [1.807, 2.05) is 24.4 Å². The van der Waals surface area contributed by atoms with Crippen molar-refractivity contribution in [2.75, 3.05) is 13.1 Å². The van der Waals surface area contributed by atoms with Gasteiger partial charge < -0.3 is 15.5 Å². The highest BCUT2D eigenvalue weighted by molar-refractivity contribution is 6.30. The fourth-order valence-corrected chi connectivity index (χ4v) is 4.18. The molecule has 2 heterocycles. The second-order valence-electron chi connectivity index (χ2n) is 8.55. The third-order valence-corrected chi connectivity index (χ3v) is 6.16. The van der Waals surface area contributed by atoms with Crippen molar-refractivity contribution in [3.05, 3.63) is 70.1 Å². The molecule has 0 aliphatic heterocycles. The monoisotopic (exact) mass is 538 g/mol. The number of aromatic nitrogens is 3. The third kappa shape index (κ3) is 7.30. The zero-order valence-electron chi connectivity index (χ0n) is 19.9. The molecule has 3 N–H and O–H groups in total. The standard InChI is InChI=1S/C23H25ClN4O2.C2HF3O2/c1-15(16-3-6-18(24)7-4-16)13-25-10-2-12-28-22(23(29)30)20-8-5-17-14-26-11-9-19(17)21(20)27-28;3-2(4,5)1(6)7/h3-4,6-7,9,11,14-15,25H,2,5,8,10,12-13H2,1H3,(H,29,30);(H,6,7). The maximum absolute atomic E-state index is 11.9. The van der Waals surface area contributed by atoms with Crippen molar-refractivity contribution in [3.8, 4) is 11.3 Å². The summed E-state index contributed by atoms with van der Waals surface area (Å²) >= 11 is 5.95. The molecule has 0 fully saturated rings. The van der Waals surface area contributed by atoms with Gasteiger partial charge in [0.2, 0.25) is 0 Å². The first kappa shape index (κ1) is 28.1. The van der Waals surface area contributed by atoms with Crippen LogP contribution in [0.4, 0.5) is 13.2 Å². The summed E-state index contributed by atoms with van der Waals surface area (Å²) in [7, 11) is 0. The number of halogens is 4. The minimum absolute atomic E-state index is 0.321. The highest BCUT2D eigenvalue weighted by Crippen LogP contribution is 2.34. The second-order valence-corrected chi connectivity index (χ2v) is 8.99. The Hall–Kier alpha value is -3.44. The smallest absolute Gasteiger partial charge is 0.477 e. The molecule has 37 heavy (non-hydrogen) atoms. The van der Waals surface area contributed by atoms with Crippen molar-refractivity contribution in [2.24, 2.45) is 0 Å². The number of carbonyl (C=O) groups is 2. The maximum atomic E-state index is 11.9. The molecule has 1 aliphatic carbocycles. The summed E-state index contributed by atoms with van der Waals surface area (Å²) in [4.78, 5) is 25.0. The van der Waals surface area contributed by atoms with Gasteiger partial charge in [0.1, 0.15) is 5.69 Å². The normalized spacial score (nSPS) is 13.1.